The highest BCUT2D eigenvalue weighted by Crippen LogP contribution is 2.13. The maximum absolute atomic E-state index is 3.67. The minimum absolute atomic E-state index is 1.64. The minimum Gasteiger partial charge on any atom is -0.133 e. The average Bonchev–Trinajstić information content (AvgIpc) is 2.46. The van der Waals surface area contributed by atoms with Crippen molar-refractivity contribution in [3.8, 4) is 33.3 Å². The normalized spacial score (nSPS) is 27.4. The lowest BCUT2D eigenvalue weighted by molar-refractivity contribution is 1.83. The quantitative estimate of drug-likeness (QED) is 0.384. The Bertz CT molecular complexity index is 698. The van der Waals surface area contributed by atoms with Crippen LogP contribution in [0.25, 0.3) is 0 Å². The largest absolute Gasteiger partial charge is 0.209 e. The van der Waals surface area contributed by atoms with Gasteiger partial charge in [-0.25, -0.2) is 0 Å². The topological polar surface area (TPSA) is 0 Å². The SMILES string of the molecule is C[Si]1(C)C#C[Si](C)(C)/C=C\[Si](C)(C)C#C[Si](C)(C)/C=C\[Si](C)(C)C#C1. The van der Waals surface area contributed by atoms with Crippen LogP contribution in [-0.2, 0) is 0 Å². The van der Waals surface area contributed by atoms with Crippen molar-refractivity contribution in [1.29, 1.82) is 0 Å². The van der Waals surface area contributed by atoms with Gasteiger partial charge in [-0.2, -0.15) is 0 Å². The number of rotatable bonds is 0. The summed E-state index contributed by atoms with van der Waals surface area (Å²) in [6.45, 7) is 23.3. The molecule has 0 amide bonds. The van der Waals surface area contributed by atoms with Crippen LogP contribution in [0.3, 0.4) is 0 Å². The van der Waals surface area contributed by atoms with E-state index in [0.29, 0.717) is 0 Å². The van der Waals surface area contributed by atoms with Crippen LogP contribution >= 0.6 is 0 Å². The van der Waals surface area contributed by atoms with E-state index in [9.17, 15) is 0 Å². The molecule has 0 aromatic rings. The molecule has 25 heavy (non-hydrogen) atoms. The van der Waals surface area contributed by atoms with Crippen molar-refractivity contribution in [3.63, 3.8) is 0 Å². The van der Waals surface area contributed by atoms with E-state index in [-0.39, 0.29) is 0 Å². The molecule has 1 aliphatic heterocycles. The summed E-state index contributed by atoms with van der Waals surface area (Å²) in [4.78, 5) is 0. The van der Waals surface area contributed by atoms with Gasteiger partial charge >= 0.3 is 0 Å². The van der Waals surface area contributed by atoms with Gasteiger partial charge in [0, 0.05) is 0 Å². The standard InChI is InChI=1S/C20H34Si5/c1-21(2)11-13-22(3,4)15-17-24(7,8)19-20-25(9,10)18-16-23(5,6)14-12-21/h11,13,16,18H,1-10H3/b13-11-,18-16-. The third-order valence-electron chi connectivity index (χ3n) is 3.93. The van der Waals surface area contributed by atoms with E-state index in [2.05, 4.69) is 122 Å². The van der Waals surface area contributed by atoms with E-state index < -0.39 is 40.4 Å². The minimum atomic E-state index is -1.79. The number of hydrogen-bond acceptors (Lipinski definition) is 0. The molecule has 1 aliphatic rings. The van der Waals surface area contributed by atoms with Crippen molar-refractivity contribution in [2.24, 2.45) is 0 Å². The second-order valence-corrected chi connectivity index (χ2v) is 29.8. The Morgan fingerprint density at radius 1 is 0.360 bits per heavy atom. The third-order valence-corrected chi connectivity index (χ3v) is 13.9. The third kappa shape index (κ3) is 8.95. The van der Waals surface area contributed by atoms with Crippen LogP contribution in [0.1, 0.15) is 0 Å². The van der Waals surface area contributed by atoms with Gasteiger partial charge in [0.2, 0.25) is 8.07 Å². The smallest absolute Gasteiger partial charge is 0.133 e. The molecule has 0 nitrogen and oxygen atoms in total. The van der Waals surface area contributed by atoms with Crippen molar-refractivity contribution < 1.29 is 0 Å². The Balaban J connectivity index is 3.53. The predicted molar refractivity (Wildman–Crippen MR) is 129 cm³/mol. The fourth-order valence-corrected chi connectivity index (χ4v) is 16.7. The summed E-state index contributed by atoms with van der Waals surface area (Å²) >= 11 is 0. The molecule has 0 radical (unpaired) electrons. The summed E-state index contributed by atoms with van der Waals surface area (Å²) in [5.41, 5.74) is 31.5. The molecule has 0 fully saturated rings. The molecule has 1 rings (SSSR count). The Kier molecular flexibility index (Phi) is 6.66. The first-order chi connectivity index (χ1) is 11.0. The second-order valence-electron chi connectivity index (χ2n) is 9.93. The Labute approximate surface area is 161 Å². The molecule has 0 saturated heterocycles. The summed E-state index contributed by atoms with van der Waals surface area (Å²) in [6.07, 6.45) is 0. The van der Waals surface area contributed by atoms with Crippen LogP contribution < -0.4 is 0 Å². The van der Waals surface area contributed by atoms with Gasteiger partial charge in [-0.15, -0.1) is 33.3 Å². The maximum atomic E-state index is 3.67. The zero-order valence-corrected chi connectivity index (χ0v) is 22.8. The molecule has 134 valence electrons. The summed E-state index contributed by atoms with van der Waals surface area (Å²) in [5, 5.41) is 0. The van der Waals surface area contributed by atoms with E-state index in [0.717, 1.165) is 0 Å². The first kappa shape index (κ1) is 22.3. The van der Waals surface area contributed by atoms with Crippen LogP contribution in [-0.4, -0.2) is 40.4 Å². The summed E-state index contributed by atoms with van der Waals surface area (Å²) in [5.74, 6) is 0. The van der Waals surface area contributed by atoms with Gasteiger partial charge in [0.05, 0.1) is 0 Å². The fraction of sp³-hybridized carbons (Fsp3) is 0.500. The molecule has 0 aliphatic carbocycles. The van der Waals surface area contributed by atoms with Gasteiger partial charge in [0.25, 0.3) is 0 Å². The molecule has 1 heterocycles. The molecule has 0 N–H and O–H groups in total. The van der Waals surface area contributed by atoms with Gasteiger partial charge in [-0.05, 0) is 13.1 Å². The van der Waals surface area contributed by atoms with Crippen LogP contribution in [0.2, 0.25) is 65.5 Å². The molecule has 5 heteroatoms. The predicted octanol–water partition coefficient (Wildman–Crippen LogP) is 5.06. The van der Waals surface area contributed by atoms with Crippen LogP contribution in [0.5, 0.6) is 0 Å². The first-order valence-corrected chi connectivity index (χ1v) is 24.4. The van der Waals surface area contributed by atoms with Crippen molar-refractivity contribution in [3.05, 3.63) is 22.8 Å². The molecule has 0 aromatic carbocycles. The monoisotopic (exact) mass is 414 g/mol. The van der Waals surface area contributed by atoms with Crippen molar-refractivity contribution in [1.82, 2.24) is 0 Å². The molecule has 0 bridgehead atoms. The van der Waals surface area contributed by atoms with E-state index in [4.69, 9.17) is 0 Å². The molecule has 0 spiro atoms. The van der Waals surface area contributed by atoms with Gasteiger partial charge in [-0.3, -0.25) is 0 Å². The van der Waals surface area contributed by atoms with Gasteiger partial charge in [0.15, 0.2) is 32.3 Å². The fourth-order valence-electron chi connectivity index (χ4n) is 1.99. The van der Waals surface area contributed by atoms with Gasteiger partial charge in [-0.1, -0.05) is 75.2 Å². The van der Waals surface area contributed by atoms with Crippen molar-refractivity contribution in [2.45, 2.75) is 65.5 Å². The van der Waals surface area contributed by atoms with Gasteiger partial charge in [0.1, 0.15) is 0 Å². The highest BCUT2D eigenvalue weighted by molar-refractivity contribution is 7.00. The van der Waals surface area contributed by atoms with Crippen LogP contribution in [0.15, 0.2) is 22.8 Å². The Morgan fingerprint density at radius 2 is 0.560 bits per heavy atom. The lowest BCUT2D eigenvalue weighted by Crippen LogP contribution is -2.29. The zero-order chi connectivity index (χ0) is 19.6. The molecule has 0 atom stereocenters. The van der Waals surface area contributed by atoms with Gasteiger partial charge < -0.3 is 0 Å². The summed E-state index contributed by atoms with van der Waals surface area (Å²) in [6, 6.07) is 0. The molecule has 0 aromatic heterocycles. The second kappa shape index (κ2) is 7.47. The van der Waals surface area contributed by atoms with E-state index in [1.165, 1.54) is 0 Å². The van der Waals surface area contributed by atoms with Crippen molar-refractivity contribution >= 4 is 40.4 Å². The summed E-state index contributed by atoms with van der Waals surface area (Å²) < 4.78 is 0. The highest BCUT2D eigenvalue weighted by atomic mass is 28.3. The molecular weight excluding hydrogens is 381 g/mol. The number of hydrogen-bond donors (Lipinski definition) is 0. The highest BCUT2D eigenvalue weighted by Gasteiger charge is 2.24. The lowest BCUT2D eigenvalue weighted by atomic mass is 11.2. The lowest BCUT2D eigenvalue weighted by Gasteiger charge is -2.16. The molecular formula is C20H34Si5. The van der Waals surface area contributed by atoms with Crippen LogP contribution in [0.4, 0.5) is 0 Å². The van der Waals surface area contributed by atoms with Crippen molar-refractivity contribution in [2.75, 3.05) is 0 Å². The molecule has 0 unspecified atom stereocenters. The maximum Gasteiger partial charge on any atom is 0.209 e. The summed E-state index contributed by atoms with van der Waals surface area (Å²) in [7, 11) is -8.38. The first-order valence-electron chi connectivity index (χ1n) is 9.07. The average molecular weight is 415 g/mol. The van der Waals surface area contributed by atoms with Crippen LogP contribution in [0, 0.1) is 33.3 Å². The van der Waals surface area contributed by atoms with E-state index >= 15 is 0 Å². The van der Waals surface area contributed by atoms with E-state index in [1.54, 1.807) is 0 Å². The molecule has 0 saturated carbocycles. The zero-order valence-electron chi connectivity index (χ0n) is 17.8. The Morgan fingerprint density at radius 3 is 0.800 bits per heavy atom. The Hall–Kier alpha value is -0.756. The van der Waals surface area contributed by atoms with E-state index in [1.807, 2.05) is 0 Å².